The maximum atomic E-state index is 12.7. The molecule has 1 rings (SSSR count). The van der Waals surface area contributed by atoms with Crippen molar-refractivity contribution in [1.29, 1.82) is 0 Å². The SMILES string of the molecule is CCNCC1CCCCN1S(=O)(=O)N(C)C(C)CC. The minimum atomic E-state index is -3.33. The molecule has 0 amide bonds. The van der Waals surface area contributed by atoms with E-state index in [1.165, 1.54) is 4.31 Å². The smallest absolute Gasteiger partial charge is 0.282 e. The Labute approximate surface area is 118 Å². The summed E-state index contributed by atoms with van der Waals surface area (Å²) in [6.07, 6.45) is 3.88. The molecule has 19 heavy (non-hydrogen) atoms. The highest BCUT2D eigenvalue weighted by atomic mass is 32.2. The van der Waals surface area contributed by atoms with Crippen LogP contribution in [0.1, 0.15) is 46.5 Å². The average Bonchev–Trinajstić information content (AvgIpc) is 2.43. The van der Waals surface area contributed by atoms with Gasteiger partial charge in [-0.3, -0.25) is 0 Å². The fourth-order valence-electron chi connectivity index (χ4n) is 2.44. The highest BCUT2D eigenvalue weighted by Gasteiger charge is 2.35. The number of nitrogens with one attached hydrogen (secondary N) is 1. The molecule has 1 saturated heterocycles. The van der Waals surface area contributed by atoms with Gasteiger partial charge in [0.15, 0.2) is 0 Å². The van der Waals surface area contributed by atoms with Crippen molar-refractivity contribution in [3.8, 4) is 0 Å². The van der Waals surface area contributed by atoms with Gasteiger partial charge in [0.25, 0.3) is 10.2 Å². The molecule has 0 aromatic rings. The van der Waals surface area contributed by atoms with Gasteiger partial charge in [0.1, 0.15) is 0 Å². The zero-order valence-electron chi connectivity index (χ0n) is 12.7. The highest BCUT2D eigenvalue weighted by molar-refractivity contribution is 7.86. The molecule has 2 atom stereocenters. The predicted molar refractivity (Wildman–Crippen MR) is 79.3 cm³/mol. The second-order valence-electron chi connectivity index (χ2n) is 5.35. The second-order valence-corrected chi connectivity index (χ2v) is 7.29. The van der Waals surface area contributed by atoms with E-state index < -0.39 is 10.2 Å². The van der Waals surface area contributed by atoms with Gasteiger partial charge in [-0.2, -0.15) is 17.0 Å². The van der Waals surface area contributed by atoms with E-state index in [0.717, 1.165) is 38.8 Å². The van der Waals surface area contributed by atoms with Gasteiger partial charge in [0, 0.05) is 32.2 Å². The van der Waals surface area contributed by atoms with Gasteiger partial charge in [-0.1, -0.05) is 20.3 Å². The van der Waals surface area contributed by atoms with E-state index in [1.54, 1.807) is 11.4 Å². The van der Waals surface area contributed by atoms with Crippen molar-refractivity contribution in [1.82, 2.24) is 13.9 Å². The van der Waals surface area contributed by atoms with Crippen LogP contribution in [0.25, 0.3) is 0 Å². The van der Waals surface area contributed by atoms with Crippen LogP contribution < -0.4 is 5.32 Å². The van der Waals surface area contributed by atoms with E-state index in [4.69, 9.17) is 0 Å². The first-order chi connectivity index (χ1) is 8.95. The summed E-state index contributed by atoms with van der Waals surface area (Å²) >= 11 is 0. The van der Waals surface area contributed by atoms with Gasteiger partial charge in [-0.15, -0.1) is 0 Å². The molecule has 5 nitrogen and oxygen atoms in total. The van der Waals surface area contributed by atoms with Crippen LogP contribution in [0, 0.1) is 0 Å². The first kappa shape index (κ1) is 16.9. The number of hydrogen-bond donors (Lipinski definition) is 1. The zero-order chi connectivity index (χ0) is 14.5. The van der Waals surface area contributed by atoms with Crippen molar-refractivity contribution in [3.63, 3.8) is 0 Å². The van der Waals surface area contributed by atoms with Crippen LogP contribution in [0.2, 0.25) is 0 Å². The van der Waals surface area contributed by atoms with Crippen LogP contribution in [0.15, 0.2) is 0 Å². The molecule has 0 saturated carbocycles. The maximum Gasteiger partial charge on any atom is 0.282 e. The van der Waals surface area contributed by atoms with Crippen LogP contribution in [-0.4, -0.2) is 55.8 Å². The summed E-state index contributed by atoms with van der Waals surface area (Å²) in [6, 6.07) is 0.150. The van der Waals surface area contributed by atoms with Gasteiger partial charge in [0.05, 0.1) is 0 Å². The third-order valence-electron chi connectivity index (χ3n) is 4.07. The van der Waals surface area contributed by atoms with Gasteiger partial charge < -0.3 is 5.32 Å². The molecule has 0 aromatic carbocycles. The van der Waals surface area contributed by atoms with Crippen molar-refractivity contribution in [3.05, 3.63) is 0 Å². The van der Waals surface area contributed by atoms with Crippen molar-refractivity contribution < 1.29 is 8.42 Å². The molecule has 0 aliphatic carbocycles. The van der Waals surface area contributed by atoms with E-state index >= 15 is 0 Å². The van der Waals surface area contributed by atoms with Gasteiger partial charge in [0.2, 0.25) is 0 Å². The quantitative estimate of drug-likeness (QED) is 0.772. The molecule has 2 unspecified atom stereocenters. The summed E-state index contributed by atoms with van der Waals surface area (Å²) in [5, 5.41) is 3.28. The molecule has 0 aromatic heterocycles. The Morgan fingerprint density at radius 2 is 2.05 bits per heavy atom. The van der Waals surface area contributed by atoms with Crippen molar-refractivity contribution in [2.24, 2.45) is 0 Å². The molecule has 1 N–H and O–H groups in total. The fourth-order valence-corrected chi connectivity index (χ4v) is 4.29. The number of rotatable bonds is 7. The van der Waals surface area contributed by atoms with E-state index in [-0.39, 0.29) is 12.1 Å². The van der Waals surface area contributed by atoms with Gasteiger partial charge in [-0.05, 0) is 32.7 Å². The highest BCUT2D eigenvalue weighted by Crippen LogP contribution is 2.23. The predicted octanol–water partition coefficient (Wildman–Crippen LogP) is 1.43. The van der Waals surface area contributed by atoms with E-state index in [1.807, 2.05) is 20.8 Å². The standard InChI is InChI=1S/C13H29N3O2S/c1-5-12(3)15(4)19(17,18)16-10-8-7-9-13(16)11-14-6-2/h12-14H,5-11H2,1-4H3. The summed E-state index contributed by atoms with van der Waals surface area (Å²) in [5.74, 6) is 0. The lowest BCUT2D eigenvalue weighted by Crippen LogP contribution is -2.54. The summed E-state index contributed by atoms with van der Waals surface area (Å²) in [4.78, 5) is 0. The molecule has 114 valence electrons. The summed E-state index contributed by atoms with van der Waals surface area (Å²) < 4.78 is 28.6. The molecule has 0 spiro atoms. The number of hydrogen-bond acceptors (Lipinski definition) is 3. The molecule has 1 heterocycles. The van der Waals surface area contributed by atoms with Crippen molar-refractivity contribution in [2.75, 3.05) is 26.7 Å². The minimum Gasteiger partial charge on any atom is -0.315 e. The van der Waals surface area contributed by atoms with Crippen LogP contribution in [0.3, 0.4) is 0 Å². The lowest BCUT2D eigenvalue weighted by Gasteiger charge is -2.38. The second kappa shape index (κ2) is 7.57. The maximum absolute atomic E-state index is 12.7. The normalized spacial score (nSPS) is 23.7. The van der Waals surface area contributed by atoms with Gasteiger partial charge >= 0.3 is 0 Å². The van der Waals surface area contributed by atoms with Crippen LogP contribution in [0.5, 0.6) is 0 Å². The lowest BCUT2D eigenvalue weighted by molar-refractivity contribution is 0.223. The molecule has 6 heteroatoms. The topological polar surface area (TPSA) is 52.7 Å². The van der Waals surface area contributed by atoms with Crippen LogP contribution >= 0.6 is 0 Å². The monoisotopic (exact) mass is 291 g/mol. The largest absolute Gasteiger partial charge is 0.315 e. The van der Waals surface area contributed by atoms with Crippen molar-refractivity contribution >= 4 is 10.2 Å². The molecule has 0 radical (unpaired) electrons. The average molecular weight is 291 g/mol. The van der Waals surface area contributed by atoms with E-state index in [0.29, 0.717) is 6.54 Å². The molecule has 1 aliphatic rings. The third kappa shape index (κ3) is 4.15. The Bertz CT molecular complexity index is 359. The van der Waals surface area contributed by atoms with E-state index in [2.05, 4.69) is 5.32 Å². The Hall–Kier alpha value is -0.170. The Balaban J connectivity index is 2.83. The van der Waals surface area contributed by atoms with E-state index in [9.17, 15) is 8.42 Å². The van der Waals surface area contributed by atoms with Crippen LogP contribution in [-0.2, 0) is 10.2 Å². The molecule has 0 bridgehead atoms. The number of piperidine rings is 1. The zero-order valence-corrected chi connectivity index (χ0v) is 13.5. The minimum absolute atomic E-state index is 0.0479. The third-order valence-corrected chi connectivity index (χ3v) is 6.24. The molecular formula is C13H29N3O2S. The molecule has 1 aliphatic heterocycles. The Morgan fingerprint density at radius 1 is 1.37 bits per heavy atom. The summed E-state index contributed by atoms with van der Waals surface area (Å²) in [7, 11) is -1.63. The molecular weight excluding hydrogens is 262 g/mol. The summed E-state index contributed by atoms with van der Waals surface area (Å²) in [5.41, 5.74) is 0. The Morgan fingerprint density at radius 3 is 2.63 bits per heavy atom. The van der Waals surface area contributed by atoms with Crippen LogP contribution in [0.4, 0.5) is 0 Å². The van der Waals surface area contributed by atoms with Crippen molar-refractivity contribution in [2.45, 2.75) is 58.5 Å². The molecule has 1 fully saturated rings. The fraction of sp³-hybridized carbons (Fsp3) is 1.00. The first-order valence-electron chi connectivity index (χ1n) is 7.40. The summed E-state index contributed by atoms with van der Waals surface area (Å²) in [6.45, 7) is 8.31. The number of nitrogens with zero attached hydrogens (tertiary/aromatic N) is 2. The lowest BCUT2D eigenvalue weighted by atomic mass is 10.1. The van der Waals surface area contributed by atoms with Gasteiger partial charge in [-0.25, -0.2) is 0 Å². The first-order valence-corrected chi connectivity index (χ1v) is 8.80. The number of likely N-dealkylation sites (N-methyl/N-ethyl adjacent to an activating group) is 1. The Kier molecular flexibility index (Phi) is 6.73.